The van der Waals surface area contributed by atoms with E-state index in [2.05, 4.69) is 16.9 Å². The van der Waals surface area contributed by atoms with E-state index < -0.39 is 0 Å². The maximum Gasteiger partial charge on any atom is 0.207 e. The van der Waals surface area contributed by atoms with Crippen LogP contribution in [0.1, 0.15) is 5.56 Å². The van der Waals surface area contributed by atoms with Crippen molar-refractivity contribution in [2.45, 2.75) is 13.5 Å². The first kappa shape index (κ1) is 11.7. The number of imidazole rings is 1. The van der Waals surface area contributed by atoms with Gasteiger partial charge in [0.1, 0.15) is 0 Å². The van der Waals surface area contributed by atoms with Crippen LogP contribution >= 0.6 is 11.6 Å². The van der Waals surface area contributed by atoms with E-state index >= 15 is 0 Å². The van der Waals surface area contributed by atoms with Gasteiger partial charge >= 0.3 is 0 Å². The third kappa shape index (κ3) is 2.68. The minimum absolute atomic E-state index is 0.693. The van der Waals surface area contributed by atoms with Gasteiger partial charge in [0.15, 0.2) is 0 Å². The molecule has 1 aromatic carbocycles. The van der Waals surface area contributed by atoms with Crippen molar-refractivity contribution in [1.82, 2.24) is 9.55 Å². The van der Waals surface area contributed by atoms with Crippen molar-refractivity contribution < 1.29 is 0 Å². The Hall–Kier alpha value is -1.74. The summed E-state index contributed by atoms with van der Waals surface area (Å²) in [6.45, 7) is 6.43. The molecule has 0 bridgehead atoms. The molecule has 0 radical (unpaired) electrons. The van der Waals surface area contributed by atoms with Gasteiger partial charge in [0.05, 0.1) is 10.7 Å². The van der Waals surface area contributed by atoms with Crippen LogP contribution < -0.4 is 5.32 Å². The molecule has 0 amide bonds. The van der Waals surface area contributed by atoms with Gasteiger partial charge in [-0.25, -0.2) is 4.98 Å². The molecule has 2 aromatic rings. The average molecular weight is 248 g/mol. The highest BCUT2D eigenvalue weighted by Crippen LogP contribution is 2.25. The van der Waals surface area contributed by atoms with Gasteiger partial charge in [-0.15, -0.1) is 6.58 Å². The van der Waals surface area contributed by atoms with Gasteiger partial charge in [0.2, 0.25) is 5.95 Å². The molecule has 0 aliphatic rings. The minimum Gasteiger partial charge on any atom is -0.324 e. The van der Waals surface area contributed by atoms with Gasteiger partial charge in [-0.1, -0.05) is 23.7 Å². The van der Waals surface area contributed by atoms with Crippen LogP contribution in [-0.4, -0.2) is 9.55 Å². The lowest BCUT2D eigenvalue weighted by Gasteiger charge is -2.09. The predicted molar refractivity (Wildman–Crippen MR) is 71.9 cm³/mol. The zero-order valence-electron chi connectivity index (χ0n) is 9.65. The highest BCUT2D eigenvalue weighted by atomic mass is 35.5. The Balaban J connectivity index is 2.25. The third-order valence-electron chi connectivity index (χ3n) is 2.41. The second-order valence-corrected chi connectivity index (χ2v) is 4.21. The Bertz CT molecular complexity index is 531. The quantitative estimate of drug-likeness (QED) is 0.834. The summed E-state index contributed by atoms with van der Waals surface area (Å²) < 4.78 is 1.96. The Kier molecular flexibility index (Phi) is 3.49. The van der Waals surface area contributed by atoms with Crippen molar-refractivity contribution >= 4 is 23.2 Å². The fourth-order valence-electron chi connectivity index (χ4n) is 1.56. The van der Waals surface area contributed by atoms with Crippen LogP contribution in [0, 0.1) is 6.92 Å². The Morgan fingerprint density at radius 1 is 1.53 bits per heavy atom. The second kappa shape index (κ2) is 5.06. The van der Waals surface area contributed by atoms with E-state index in [1.54, 1.807) is 6.20 Å². The Morgan fingerprint density at radius 3 is 3.06 bits per heavy atom. The minimum atomic E-state index is 0.693. The number of anilines is 2. The highest BCUT2D eigenvalue weighted by molar-refractivity contribution is 6.33. The highest BCUT2D eigenvalue weighted by Gasteiger charge is 2.05. The molecule has 0 atom stereocenters. The first-order valence-corrected chi connectivity index (χ1v) is 5.73. The molecule has 0 aliphatic heterocycles. The van der Waals surface area contributed by atoms with Gasteiger partial charge in [-0.3, -0.25) is 0 Å². The monoisotopic (exact) mass is 247 g/mol. The zero-order chi connectivity index (χ0) is 12.3. The third-order valence-corrected chi connectivity index (χ3v) is 2.73. The Morgan fingerprint density at radius 2 is 2.35 bits per heavy atom. The lowest BCUT2D eigenvalue weighted by molar-refractivity contribution is 0.833. The lowest BCUT2D eigenvalue weighted by Crippen LogP contribution is -2.02. The van der Waals surface area contributed by atoms with Crippen molar-refractivity contribution in [2.75, 3.05) is 5.32 Å². The smallest absolute Gasteiger partial charge is 0.207 e. The summed E-state index contributed by atoms with van der Waals surface area (Å²) in [7, 11) is 0. The van der Waals surface area contributed by atoms with Crippen molar-refractivity contribution in [3.63, 3.8) is 0 Å². The fourth-order valence-corrected chi connectivity index (χ4v) is 1.84. The molecule has 0 unspecified atom stereocenters. The van der Waals surface area contributed by atoms with Crippen LogP contribution in [0.15, 0.2) is 43.2 Å². The molecule has 4 heteroatoms. The van der Waals surface area contributed by atoms with E-state index in [1.807, 2.05) is 42.0 Å². The first-order valence-electron chi connectivity index (χ1n) is 5.36. The molecule has 1 aromatic heterocycles. The van der Waals surface area contributed by atoms with Crippen molar-refractivity contribution in [3.05, 3.63) is 53.8 Å². The van der Waals surface area contributed by atoms with Gasteiger partial charge in [-0.2, -0.15) is 0 Å². The molecule has 2 rings (SSSR count). The largest absolute Gasteiger partial charge is 0.324 e. The van der Waals surface area contributed by atoms with E-state index in [0.717, 1.165) is 17.2 Å². The molecule has 88 valence electrons. The summed E-state index contributed by atoms with van der Waals surface area (Å²) >= 11 is 6.16. The number of halogens is 1. The Labute approximate surface area is 106 Å². The average Bonchev–Trinajstić information content (AvgIpc) is 2.71. The predicted octanol–water partition coefficient (Wildman–Crippen LogP) is 3.77. The number of rotatable bonds is 4. The van der Waals surface area contributed by atoms with Crippen molar-refractivity contribution in [3.8, 4) is 0 Å². The number of hydrogen-bond acceptors (Lipinski definition) is 2. The van der Waals surface area contributed by atoms with Gasteiger partial charge in [-0.05, 0) is 24.6 Å². The van der Waals surface area contributed by atoms with Crippen LogP contribution in [0.4, 0.5) is 11.6 Å². The molecule has 1 heterocycles. The van der Waals surface area contributed by atoms with E-state index in [0.29, 0.717) is 11.6 Å². The summed E-state index contributed by atoms with van der Waals surface area (Å²) in [5, 5.41) is 3.90. The zero-order valence-corrected chi connectivity index (χ0v) is 10.4. The maximum atomic E-state index is 6.16. The van der Waals surface area contributed by atoms with Crippen molar-refractivity contribution in [2.24, 2.45) is 0 Å². The van der Waals surface area contributed by atoms with E-state index in [9.17, 15) is 0 Å². The van der Waals surface area contributed by atoms with E-state index in [1.165, 1.54) is 0 Å². The molecule has 1 N–H and O–H groups in total. The summed E-state index contributed by atoms with van der Waals surface area (Å²) in [5.41, 5.74) is 1.99. The molecule has 0 fully saturated rings. The van der Waals surface area contributed by atoms with E-state index in [-0.39, 0.29) is 0 Å². The molecule has 17 heavy (non-hydrogen) atoms. The molecule has 0 saturated carbocycles. The summed E-state index contributed by atoms with van der Waals surface area (Å²) in [6, 6.07) is 5.88. The summed E-state index contributed by atoms with van der Waals surface area (Å²) in [6.07, 6.45) is 5.46. The number of nitrogens with one attached hydrogen (secondary N) is 1. The number of allylic oxidation sites excluding steroid dienone is 1. The molecule has 3 nitrogen and oxygen atoms in total. The summed E-state index contributed by atoms with van der Waals surface area (Å²) in [5.74, 6) is 0.760. The number of aromatic nitrogens is 2. The molecular formula is C13H14ClN3. The first-order chi connectivity index (χ1) is 8.20. The molecule has 0 saturated heterocycles. The van der Waals surface area contributed by atoms with Gasteiger partial charge in [0, 0.05) is 18.9 Å². The standard InChI is InChI=1S/C13H14ClN3/c1-3-7-17-8-6-15-13(17)16-12-5-4-10(2)9-11(12)14/h3-6,8-9H,1,7H2,2H3,(H,15,16). The van der Waals surface area contributed by atoms with Gasteiger partial charge in [0.25, 0.3) is 0 Å². The van der Waals surface area contributed by atoms with Gasteiger partial charge < -0.3 is 9.88 Å². The summed E-state index contributed by atoms with van der Waals surface area (Å²) in [4.78, 5) is 4.24. The van der Waals surface area contributed by atoms with E-state index in [4.69, 9.17) is 11.6 Å². The van der Waals surface area contributed by atoms with Crippen LogP contribution in [0.2, 0.25) is 5.02 Å². The van der Waals surface area contributed by atoms with Crippen LogP contribution in [0.5, 0.6) is 0 Å². The molecule has 0 spiro atoms. The molecular weight excluding hydrogens is 234 g/mol. The van der Waals surface area contributed by atoms with Crippen LogP contribution in [-0.2, 0) is 6.54 Å². The number of hydrogen-bond donors (Lipinski definition) is 1. The van der Waals surface area contributed by atoms with Crippen LogP contribution in [0.25, 0.3) is 0 Å². The second-order valence-electron chi connectivity index (χ2n) is 3.80. The van der Waals surface area contributed by atoms with Crippen molar-refractivity contribution in [1.29, 1.82) is 0 Å². The number of aryl methyl sites for hydroxylation is 1. The maximum absolute atomic E-state index is 6.16. The lowest BCUT2D eigenvalue weighted by atomic mass is 10.2. The topological polar surface area (TPSA) is 29.9 Å². The number of benzene rings is 1. The van der Waals surface area contributed by atoms with Crippen LogP contribution in [0.3, 0.4) is 0 Å². The SMILES string of the molecule is C=CCn1ccnc1Nc1ccc(C)cc1Cl. The fraction of sp³-hybridized carbons (Fsp3) is 0.154. The molecule has 0 aliphatic carbocycles. The number of nitrogens with zero attached hydrogens (tertiary/aromatic N) is 2. The normalized spacial score (nSPS) is 10.2.